The van der Waals surface area contributed by atoms with Crippen LogP contribution in [0.15, 0.2) is 76.7 Å². The van der Waals surface area contributed by atoms with Gasteiger partial charge in [0.05, 0.1) is 36.9 Å². The monoisotopic (exact) mass is 533 g/mol. The number of halogens is 2. The Morgan fingerprint density at radius 2 is 1.78 bits per heavy atom. The lowest BCUT2D eigenvalue weighted by molar-refractivity contribution is -0.121. The molecule has 11 heteroatoms. The zero-order chi connectivity index (χ0) is 26.1. The molecule has 190 valence electrons. The summed E-state index contributed by atoms with van der Waals surface area (Å²) in [6.45, 7) is -0.497. The second-order valence-electron chi connectivity index (χ2n) is 7.52. The number of ether oxygens (including phenoxy) is 2. The van der Waals surface area contributed by atoms with E-state index >= 15 is 0 Å². The van der Waals surface area contributed by atoms with Crippen molar-refractivity contribution < 1.29 is 27.1 Å². The van der Waals surface area contributed by atoms with Crippen molar-refractivity contribution in [3.05, 3.63) is 88.7 Å². The van der Waals surface area contributed by atoms with Crippen LogP contribution in [0.1, 0.15) is 11.1 Å². The number of amides is 1. The van der Waals surface area contributed by atoms with Crippen molar-refractivity contribution in [1.82, 2.24) is 9.73 Å². The molecular weight excluding hydrogens is 509 g/mol. The minimum Gasteiger partial charge on any atom is -0.493 e. The van der Waals surface area contributed by atoms with Crippen LogP contribution in [0.2, 0.25) is 5.02 Å². The van der Waals surface area contributed by atoms with Crippen molar-refractivity contribution in [3.63, 3.8) is 0 Å². The number of hydrogen-bond donors (Lipinski definition) is 1. The first-order valence-corrected chi connectivity index (χ1v) is 12.6. The SMILES string of the molecule is COc1ccc(S(=O)(=O)N(CCc2ccccc2)CC(=O)N/N=C\c2c(F)cccc2Cl)cc1OC. The van der Waals surface area contributed by atoms with E-state index in [2.05, 4.69) is 10.5 Å². The molecule has 0 bridgehead atoms. The maximum Gasteiger partial charge on any atom is 0.255 e. The van der Waals surface area contributed by atoms with Gasteiger partial charge in [-0.3, -0.25) is 4.79 Å². The third-order valence-corrected chi connectivity index (χ3v) is 7.36. The molecule has 1 N–H and O–H groups in total. The van der Waals surface area contributed by atoms with Crippen LogP contribution in [0.25, 0.3) is 0 Å². The summed E-state index contributed by atoms with van der Waals surface area (Å²) < 4.78 is 52.3. The maximum absolute atomic E-state index is 13.9. The Bertz CT molecular complexity index is 1320. The minimum atomic E-state index is -4.11. The van der Waals surface area contributed by atoms with E-state index in [-0.39, 0.29) is 27.8 Å². The van der Waals surface area contributed by atoms with Crippen LogP contribution < -0.4 is 14.9 Å². The zero-order valence-electron chi connectivity index (χ0n) is 19.6. The van der Waals surface area contributed by atoms with E-state index in [9.17, 15) is 17.6 Å². The quantitative estimate of drug-likeness (QED) is 0.298. The molecule has 8 nitrogen and oxygen atoms in total. The summed E-state index contributed by atoms with van der Waals surface area (Å²) in [6.07, 6.45) is 1.43. The van der Waals surface area contributed by atoms with E-state index in [1.807, 2.05) is 30.3 Å². The van der Waals surface area contributed by atoms with E-state index in [1.165, 1.54) is 50.6 Å². The third kappa shape index (κ3) is 6.81. The third-order valence-electron chi connectivity index (χ3n) is 5.19. The highest BCUT2D eigenvalue weighted by atomic mass is 35.5. The molecule has 0 fully saturated rings. The Morgan fingerprint density at radius 1 is 1.06 bits per heavy atom. The summed E-state index contributed by atoms with van der Waals surface area (Å²) >= 11 is 5.95. The van der Waals surface area contributed by atoms with Gasteiger partial charge in [-0.15, -0.1) is 0 Å². The summed E-state index contributed by atoms with van der Waals surface area (Å²) in [6, 6.07) is 17.6. The van der Waals surface area contributed by atoms with Gasteiger partial charge in [-0.25, -0.2) is 18.2 Å². The van der Waals surface area contributed by atoms with Crippen LogP contribution in [0, 0.1) is 5.82 Å². The van der Waals surface area contributed by atoms with Crippen LogP contribution in [0.5, 0.6) is 11.5 Å². The summed E-state index contributed by atoms with van der Waals surface area (Å²) in [5, 5.41) is 3.85. The molecule has 0 aliphatic carbocycles. The number of benzene rings is 3. The fraction of sp³-hybridized carbons (Fsp3) is 0.200. The Morgan fingerprint density at radius 3 is 2.44 bits per heavy atom. The van der Waals surface area contributed by atoms with Crippen molar-refractivity contribution in [2.24, 2.45) is 5.10 Å². The van der Waals surface area contributed by atoms with Gasteiger partial charge in [0.25, 0.3) is 5.91 Å². The standard InChI is InChI=1S/C25H25ClFN3O5S/c1-34-23-12-11-19(15-24(23)35-2)36(32,33)30(14-13-18-7-4-3-5-8-18)17-25(31)29-28-16-20-21(26)9-6-10-22(20)27/h3-12,15-16H,13-14,17H2,1-2H3,(H,29,31)/b28-16-. The van der Waals surface area contributed by atoms with Crippen molar-refractivity contribution >= 4 is 33.7 Å². The molecule has 0 radical (unpaired) electrons. The van der Waals surface area contributed by atoms with Gasteiger partial charge in [-0.05, 0) is 36.2 Å². The fourth-order valence-corrected chi connectivity index (χ4v) is 4.93. The highest BCUT2D eigenvalue weighted by Crippen LogP contribution is 2.30. The lowest BCUT2D eigenvalue weighted by atomic mass is 10.1. The van der Waals surface area contributed by atoms with Crippen molar-refractivity contribution in [2.75, 3.05) is 27.3 Å². The van der Waals surface area contributed by atoms with E-state index in [0.717, 1.165) is 16.1 Å². The van der Waals surface area contributed by atoms with Crippen molar-refractivity contribution in [3.8, 4) is 11.5 Å². The highest BCUT2D eigenvalue weighted by molar-refractivity contribution is 7.89. The summed E-state index contributed by atoms with van der Waals surface area (Å²) in [4.78, 5) is 12.6. The smallest absolute Gasteiger partial charge is 0.255 e. The number of hydrazone groups is 1. The van der Waals surface area contributed by atoms with Gasteiger partial charge in [0.1, 0.15) is 5.82 Å². The largest absolute Gasteiger partial charge is 0.493 e. The van der Waals surface area contributed by atoms with Gasteiger partial charge in [0.2, 0.25) is 10.0 Å². The Hall–Kier alpha value is -3.47. The second-order valence-corrected chi connectivity index (χ2v) is 9.86. The molecule has 0 heterocycles. The molecule has 3 aromatic rings. The Labute approximate surface area is 214 Å². The van der Waals surface area contributed by atoms with Crippen LogP contribution in [-0.2, 0) is 21.2 Å². The molecule has 0 saturated heterocycles. The molecule has 0 atom stereocenters. The predicted octanol–water partition coefficient (Wildman–Crippen LogP) is 3.88. The lowest BCUT2D eigenvalue weighted by Crippen LogP contribution is -2.40. The number of sulfonamides is 1. The van der Waals surface area contributed by atoms with Gasteiger partial charge in [0.15, 0.2) is 11.5 Å². The normalized spacial score (nSPS) is 11.6. The van der Waals surface area contributed by atoms with E-state index < -0.39 is 28.3 Å². The summed E-state index contributed by atoms with van der Waals surface area (Å²) in [5.41, 5.74) is 3.13. The fourth-order valence-electron chi connectivity index (χ4n) is 3.31. The van der Waals surface area contributed by atoms with E-state index in [4.69, 9.17) is 21.1 Å². The molecule has 0 saturated carbocycles. The van der Waals surface area contributed by atoms with Gasteiger partial charge < -0.3 is 9.47 Å². The second kappa shape index (κ2) is 12.5. The first-order chi connectivity index (χ1) is 17.3. The van der Waals surface area contributed by atoms with Gasteiger partial charge in [-0.1, -0.05) is 48.0 Å². The average molecular weight is 534 g/mol. The molecule has 0 aromatic heterocycles. The molecule has 0 unspecified atom stereocenters. The number of methoxy groups -OCH3 is 2. The lowest BCUT2D eigenvalue weighted by Gasteiger charge is -2.22. The topological polar surface area (TPSA) is 97.3 Å². The molecule has 0 aliphatic rings. The van der Waals surface area contributed by atoms with Crippen LogP contribution in [-0.4, -0.2) is 52.2 Å². The maximum atomic E-state index is 13.9. The van der Waals surface area contributed by atoms with Crippen LogP contribution in [0.4, 0.5) is 4.39 Å². The Kier molecular flexibility index (Phi) is 9.40. The molecule has 3 aromatic carbocycles. The van der Waals surface area contributed by atoms with E-state index in [1.54, 1.807) is 0 Å². The number of carbonyl (C=O) groups excluding carboxylic acids is 1. The number of carbonyl (C=O) groups is 1. The van der Waals surface area contributed by atoms with Crippen LogP contribution in [0.3, 0.4) is 0 Å². The first kappa shape index (κ1) is 27.1. The molecule has 1 amide bonds. The summed E-state index contributed by atoms with van der Waals surface area (Å²) in [7, 11) is -1.27. The van der Waals surface area contributed by atoms with E-state index in [0.29, 0.717) is 12.2 Å². The number of rotatable bonds is 11. The number of hydrogen-bond acceptors (Lipinski definition) is 6. The van der Waals surface area contributed by atoms with Gasteiger partial charge >= 0.3 is 0 Å². The Balaban J connectivity index is 1.82. The van der Waals surface area contributed by atoms with Crippen LogP contribution >= 0.6 is 11.6 Å². The molecule has 36 heavy (non-hydrogen) atoms. The molecule has 0 aliphatic heterocycles. The minimum absolute atomic E-state index is 0.00153. The molecular formula is C25H25ClFN3O5S. The molecule has 0 spiro atoms. The van der Waals surface area contributed by atoms with Crippen molar-refractivity contribution in [1.29, 1.82) is 0 Å². The highest BCUT2D eigenvalue weighted by Gasteiger charge is 2.27. The summed E-state index contributed by atoms with van der Waals surface area (Å²) in [5.74, 6) is -0.722. The average Bonchev–Trinajstić information content (AvgIpc) is 2.88. The van der Waals surface area contributed by atoms with Gasteiger partial charge in [0, 0.05) is 18.2 Å². The van der Waals surface area contributed by atoms with Gasteiger partial charge in [-0.2, -0.15) is 9.41 Å². The predicted molar refractivity (Wildman–Crippen MR) is 136 cm³/mol. The zero-order valence-corrected chi connectivity index (χ0v) is 21.2. The molecule has 3 rings (SSSR count). The number of nitrogens with one attached hydrogen (secondary N) is 1. The van der Waals surface area contributed by atoms with Crippen molar-refractivity contribution in [2.45, 2.75) is 11.3 Å². The number of nitrogens with zero attached hydrogens (tertiary/aromatic N) is 2. The first-order valence-electron chi connectivity index (χ1n) is 10.8.